The number of carbonyl (C=O) groups excluding carboxylic acids is 2. The Morgan fingerprint density at radius 1 is 1.38 bits per heavy atom. The fraction of sp³-hybridized carbons (Fsp3) is 0.214. The van der Waals surface area contributed by atoms with Gasteiger partial charge in [-0.1, -0.05) is 35.5 Å². The summed E-state index contributed by atoms with van der Waals surface area (Å²) in [6.07, 6.45) is -1.42. The minimum atomic E-state index is -1.42. The summed E-state index contributed by atoms with van der Waals surface area (Å²) in [5, 5.41) is 15.7. The maximum Gasteiger partial charge on any atom is 0.340 e. The Bertz CT molecular complexity index is 623. The zero-order valence-electron chi connectivity index (χ0n) is 11.3. The molecule has 2 aromatic rings. The fourth-order valence-corrected chi connectivity index (χ4v) is 1.59. The van der Waals surface area contributed by atoms with Gasteiger partial charge in [-0.05, 0) is 12.5 Å². The molecule has 0 aliphatic rings. The molecule has 0 aliphatic heterocycles. The molecule has 1 aromatic carbocycles. The van der Waals surface area contributed by atoms with E-state index in [1.807, 2.05) is 0 Å². The lowest BCUT2D eigenvalue weighted by Crippen LogP contribution is -2.24. The summed E-state index contributed by atoms with van der Waals surface area (Å²) in [6, 6.07) is 9.83. The first kappa shape index (κ1) is 14.7. The third kappa shape index (κ3) is 4.15. The van der Waals surface area contributed by atoms with Gasteiger partial charge in [0.2, 0.25) is 0 Å². The lowest BCUT2D eigenvalue weighted by Gasteiger charge is -2.10. The van der Waals surface area contributed by atoms with Crippen molar-refractivity contribution in [2.75, 3.05) is 11.9 Å². The number of hydrogen-bond acceptors (Lipinski definition) is 6. The first-order chi connectivity index (χ1) is 10.1. The molecule has 1 aromatic heterocycles. The molecule has 7 nitrogen and oxygen atoms in total. The van der Waals surface area contributed by atoms with Crippen LogP contribution in [-0.2, 0) is 14.3 Å². The zero-order valence-corrected chi connectivity index (χ0v) is 11.3. The van der Waals surface area contributed by atoms with Gasteiger partial charge in [0, 0.05) is 6.07 Å². The van der Waals surface area contributed by atoms with E-state index >= 15 is 0 Å². The average molecular weight is 290 g/mol. The Balaban J connectivity index is 1.82. The topological polar surface area (TPSA) is 102 Å². The molecule has 0 bridgehead atoms. The normalized spacial score (nSPS) is 11.7. The molecule has 1 unspecified atom stereocenters. The first-order valence-electron chi connectivity index (χ1n) is 6.19. The number of nitrogens with one attached hydrogen (secondary N) is 1. The molecule has 1 amide bonds. The number of aryl methyl sites for hydroxylation is 1. The van der Waals surface area contributed by atoms with Gasteiger partial charge in [-0.3, -0.25) is 4.79 Å². The molecular weight excluding hydrogens is 276 g/mol. The Kier molecular flexibility index (Phi) is 4.68. The zero-order chi connectivity index (χ0) is 15.2. The highest BCUT2D eigenvalue weighted by Crippen LogP contribution is 2.13. The van der Waals surface area contributed by atoms with Gasteiger partial charge in [-0.15, -0.1) is 0 Å². The van der Waals surface area contributed by atoms with Gasteiger partial charge >= 0.3 is 5.97 Å². The quantitative estimate of drug-likeness (QED) is 0.802. The maximum atomic E-state index is 11.6. The Morgan fingerprint density at radius 3 is 2.71 bits per heavy atom. The van der Waals surface area contributed by atoms with Crippen molar-refractivity contribution >= 4 is 17.7 Å². The van der Waals surface area contributed by atoms with Crippen LogP contribution in [0.5, 0.6) is 0 Å². The molecule has 110 valence electrons. The summed E-state index contributed by atoms with van der Waals surface area (Å²) >= 11 is 0. The maximum absolute atomic E-state index is 11.6. The van der Waals surface area contributed by atoms with Gasteiger partial charge in [-0.2, -0.15) is 0 Å². The van der Waals surface area contributed by atoms with E-state index in [1.165, 1.54) is 6.07 Å². The number of ether oxygens (including phenoxy) is 1. The standard InChI is InChI=1S/C14H14N2O5/c1-9-7-11(16-21-9)15-12(17)8-20-14(19)13(18)10-5-3-2-4-6-10/h2-7,13,18H,8H2,1H3,(H,15,16,17). The van der Waals surface area contributed by atoms with Crippen LogP contribution in [0.4, 0.5) is 5.82 Å². The third-order valence-electron chi connectivity index (χ3n) is 2.58. The van der Waals surface area contributed by atoms with Crippen LogP contribution in [0.2, 0.25) is 0 Å². The molecule has 0 saturated carbocycles. The van der Waals surface area contributed by atoms with E-state index in [0.717, 1.165) is 0 Å². The second-order valence-corrected chi connectivity index (χ2v) is 4.29. The number of carbonyl (C=O) groups is 2. The molecule has 1 heterocycles. The number of esters is 1. The van der Waals surface area contributed by atoms with Gasteiger partial charge in [0.25, 0.3) is 5.91 Å². The Morgan fingerprint density at radius 2 is 2.10 bits per heavy atom. The molecule has 0 fully saturated rings. The van der Waals surface area contributed by atoms with Gasteiger partial charge in [-0.25, -0.2) is 4.79 Å². The van der Waals surface area contributed by atoms with Crippen molar-refractivity contribution in [2.45, 2.75) is 13.0 Å². The van der Waals surface area contributed by atoms with Crippen molar-refractivity contribution in [2.24, 2.45) is 0 Å². The number of rotatable bonds is 5. The number of aromatic nitrogens is 1. The van der Waals surface area contributed by atoms with Crippen LogP contribution < -0.4 is 5.32 Å². The van der Waals surface area contributed by atoms with Crippen molar-refractivity contribution in [3.05, 3.63) is 47.7 Å². The van der Waals surface area contributed by atoms with E-state index in [0.29, 0.717) is 11.3 Å². The highest BCUT2D eigenvalue weighted by molar-refractivity contribution is 5.92. The minimum absolute atomic E-state index is 0.233. The van der Waals surface area contributed by atoms with Crippen LogP contribution in [0.1, 0.15) is 17.4 Å². The molecule has 2 rings (SSSR count). The van der Waals surface area contributed by atoms with Crippen molar-refractivity contribution in [1.82, 2.24) is 5.16 Å². The van der Waals surface area contributed by atoms with Gasteiger partial charge in [0.1, 0.15) is 5.76 Å². The third-order valence-corrected chi connectivity index (χ3v) is 2.58. The summed E-state index contributed by atoms with van der Waals surface area (Å²) in [5.41, 5.74) is 0.398. The van der Waals surface area contributed by atoms with Crippen molar-refractivity contribution in [1.29, 1.82) is 0 Å². The molecule has 2 N–H and O–H groups in total. The number of anilines is 1. The smallest absolute Gasteiger partial charge is 0.340 e. The molecule has 1 atom stereocenters. The molecule has 0 aliphatic carbocycles. The van der Waals surface area contributed by atoms with Crippen LogP contribution in [0, 0.1) is 6.92 Å². The van der Waals surface area contributed by atoms with Crippen molar-refractivity contribution in [3.63, 3.8) is 0 Å². The average Bonchev–Trinajstić information content (AvgIpc) is 2.90. The lowest BCUT2D eigenvalue weighted by molar-refractivity contribution is -0.156. The number of aliphatic hydroxyl groups excluding tert-OH is 1. The van der Waals surface area contributed by atoms with Gasteiger partial charge in [0.05, 0.1) is 0 Å². The fourth-order valence-electron chi connectivity index (χ4n) is 1.59. The largest absolute Gasteiger partial charge is 0.453 e. The summed E-state index contributed by atoms with van der Waals surface area (Å²) in [4.78, 5) is 23.2. The number of benzene rings is 1. The summed E-state index contributed by atoms with van der Waals surface area (Å²) in [6.45, 7) is 1.16. The molecule has 0 radical (unpaired) electrons. The number of amides is 1. The predicted octanol–water partition coefficient (Wildman–Crippen LogP) is 1.20. The van der Waals surface area contributed by atoms with E-state index in [-0.39, 0.29) is 5.82 Å². The van der Waals surface area contributed by atoms with Crippen LogP contribution >= 0.6 is 0 Å². The number of hydrogen-bond donors (Lipinski definition) is 2. The van der Waals surface area contributed by atoms with Crippen LogP contribution in [0.25, 0.3) is 0 Å². The molecule has 21 heavy (non-hydrogen) atoms. The van der Waals surface area contributed by atoms with Crippen LogP contribution in [-0.4, -0.2) is 28.7 Å². The highest BCUT2D eigenvalue weighted by Gasteiger charge is 2.19. The summed E-state index contributed by atoms with van der Waals surface area (Å²) in [5.74, 6) is -0.691. The van der Waals surface area contributed by atoms with Crippen LogP contribution in [0.3, 0.4) is 0 Å². The number of aliphatic hydroxyl groups is 1. The molecule has 0 spiro atoms. The van der Waals surface area contributed by atoms with Gasteiger partial charge < -0.3 is 19.7 Å². The van der Waals surface area contributed by atoms with Crippen LogP contribution in [0.15, 0.2) is 40.9 Å². The van der Waals surface area contributed by atoms with Crippen molar-refractivity contribution in [3.8, 4) is 0 Å². The summed E-state index contributed by atoms with van der Waals surface area (Å²) < 4.78 is 9.51. The van der Waals surface area contributed by atoms with E-state index in [1.54, 1.807) is 37.3 Å². The van der Waals surface area contributed by atoms with E-state index in [2.05, 4.69) is 10.5 Å². The predicted molar refractivity (Wildman–Crippen MR) is 72.2 cm³/mol. The van der Waals surface area contributed by atoms with E-state index in [4.69, 9.17) is 9.26 Å². The number of nitrogens with zero attached hydrogens (tertiary/aromatic N) is 1. The molecule has 7 heteroatoms. The second-order valence-electron chi connectivity index (χ2n) is 4.29. The molecular formula is C14H14N2O5. The van der Waals surface area contributed by atoms with E-state index < -0.39 is 24.6 Å². The first-order valence-corrected chi connectivity index (χ1v) is 6.19. The highest BCUT2D eigenvalue weighted by atomic mass is 16.5. The van der Waals surface area contributed by atoms with Gasteiger partial charge in [0.15, 0.2) is 18.5 Å². The van der Waals surface area contributed by atoms with E-state index in [9.17, 15) is 14.7 Å². The Labute approximate surface area is 120 Å². The Hall–Kier alpha value is -2.67. The monoisotopic (exact) mass is 290 g/mol. The second kappa shape index (κ2) is 6.67. The minimum Gasteiger partial charge on any atom is -0.453 e. The lowest BCUT2D eigenvalue weighted by atomic mass is 10.1. The SMILES string of the molecule is Cc1cc(NC(=O)COC(=O)C(O)c2ccccc2)no1. The molecule has 0 saturated heterocycles. The van der Waals surface area contributed by atoms with Crippen molar-refractivity contribution < 1.29 is 24.0 Å². The summed E-state index contributed by atoms with van der Waals surface area (Å²) in [7, 11) is 0.